The number of benzene rings is 2. The third kappa shape index (κ3) is 8.33. The Labute approximate surface area is 332 Å². The highest BCUT2D eigenvalue weighted by molar-refractivity contribution is 6.36. The number of piperidine rings is 1. The van der Waals surface area contributed by atoms with Crippen molar-refractivity contribution >= 4 is 35.0 Å². The van der Waals surface area contributed by atoms with Crippen molar-refractivity contribution < 1.29 is 28.9 Å². The number of carbonyl (C=O) groups excluding carboxylic acids is 1. The zero-order chi connectivity index (χ0) is 38.9. The molecule has 12 heteroatoms. The van der Waals surface area contributed by atoms with Crippen molar-refractivity contribution in [3.63, 3.8) is 0 Å². The number of hydrogen-bond donors (Lipinski definition) is 2. The van der Waals surface area contributed by atoms with Gasteiger partial charge < -0.3 is 24.6 Å². The number of nitrogens with one attached hydrogen (secondary N) is 1. The van der Waals surface area contributed by atoms with Crippen LogP contribution in [0.15, 0.2) is 54.6 Å². The number of aliphatic carboxylic acids is 1. The molecule has 55 heavy (non-hydrogen) atoms. The van der Waals surface area contributed by atoms with Gasteiger partial charge in [0.25, 0.3) is 0 Å². The second kappa shape index (κ2) is 16.5. The number of Topliss-reactive ketones (excluding diaryl/α,β-unsaturated/α-hetero) is 1. The zero-order valence-electron chi connectivity index (χ0n) is 31.8. The Morgan fingerprint density at radius 1 is 0.945 bits per heavy atom. The Morgan fingerprint density at radius 3 is 2.44 bits per heavy atom. The number of ketones is 1. The van der Waals surface area contributed by atoms with Crippen molar-refractivity contribution in [1.82, 2.24) is 20.2 Å². The highest BCUT2D eigenvalue weighted by Gasteiger charge is 2.40. The molecule has 0 spiro atoms. The summed E-state index contributed by atoms with van der Waals surface area (Å²) in [5.41, 5.74) is 7.11. The Morgan fingerprint density at radius 2 is 1.69 bits per heavy atom. The molecule has 2 N–H and O–H groups in total. The average molecular weight is 788 g/mol. The van der Waals surface area contributed by atoms with Gasteiger partial charge in [-0.2, -0.15) is 4.98 Å². The molecule has 0 amide bonds. The topological polar surface area (TPSA) is 123 Å². The van der Waals surface area contributed by atoms with Crippen molar-refractivity contribution in [2.45, 2.75) is 71.6 Å². The smallest absolute Gasteiger partial charge is 0.308 e. The fourth-order valence-corrected chi connectivity index (χ4v) is 8.89. The van der Waals surface area contributed by atoms with Gasteiger partial charge in [-0.3, -0.25) is 14.5 Å². The van der Waals surface area contributed by atoms with Gasteiger partial charge in [0.2, 0.25) is 17.6 Å². The molecular weight excluding hydrogens is 739 g/mol. The number of carboxylic acids is 1. The van der Waals surface area contributed by atoms with E-state index in [-0.39, 0.29) is 11.5 Å². The molecule has 3 aliphatic rings. The number of methoxy groups -OCH3 is 2. The van der Waals surface area contributed by atoms with Crippen LogP contribution in [0, 0.1) is 17.3 Å². The van der Waals surface area contributed by atoms with E-state index in [9.17, 15) is 14.7 Å². The molecule has 2 aromatic heterocycles. The first kappa shape index (κ1) is 39.0. The lowest BCUT2D eigenvalue weighted by Gasteiger charge is -2.41. The van der Waals surface area contributed by atoms with Crippen LogP contribution in [0.5, 0.6) is 17.6 Å². The number of carbonyl (C=O) groups is 2. The lowest BCUT2D eigenvalue weighted by atomic mass is 9.73. The van der Waals surface area contributed by atoms with Crippen molar-refractivity contribution in [3.8, 4) is 40.0 Å². The molecule has 3 atom stereocenters. The maximum atomic E-state index is 12.0. The van der Waals surface area contributed by atoms with Gasteiger partial charge in [-0.25, -0.2) is 4.98 Å². The van der Waals surface area contributed by atoms with Crippen LogP contribution < -0.4 is 19.5 Å². The molecule has 2 fully saturated rings. The molecule has 0 bridgehead atoms. The Bertz CT molecular complexity index is 2090. The molecule has 2 aliphatic carbocycles. The summed E-state index contributed by atoms with van der Waals surface area (Å²) in [4.78, 5) is 35.3. The number of aromatic nitrogens is 2. The summed E-state index contributed by atoms with van der Waals surface area (Å²) >= 11 is 14.0. The normalized spacial score (nSPS) is 20.7. The molecule has 1 saturated heterocycles. The van der Waals surface area contributed by atoms with E-state index in [0.717, 1.165) is 77.7 Å². The van der Waals surface area contributed by atoms with Gasteiger partial charge in [0.05, 0.1) is 30.9 Å². The van der Waals surface area contributed by atoms with E-state index in [0.29, 0.717) is 77.6 Å². The minimum Gasteiger partial charge on any atom is -0.481 e. The molecule has 1 aliphatic heterocycles. The third-order valence-corrected chi connectivity index (χ3v) is 12.3. The third-order valence-electron chi connectivity index (χ3n) is 11.6. The summed E-state index contributed by atoms with van der Waals surface area (Å²) in [7, 11) is 3.19. The molecule has 3 heterocycles. The van der Waals surface area contributed by atoms with Gasteiger partial charge in [0.1, 0.15) is 16.9 Å². The average Bonchev–Trinajstić information content (AvgIpc) is 3.78. The molecular formula is C43H48Cl2N4O6. The molecule has 290 valence electrons. The molecule has 1 unspecified atom stereocenters. The van der Waals surface area contributed by atoms with Crippen molar-refractivity contribution in [2.24, 2.45) is 17.3 Å². The van der Waals surface area contributed by atoms with Gasteiger partial charge in [-0.05, 0) is 78.9 Å². The van der Waals surface area contributed by atoms with Gasteiger partial charge in [-0.1, -0.05) is 79.5 Å². The predicted octanol–water partition coefficient (Wildman–Crippen LogP) is 8.59. The molecule has 7 rings (SSSR count). The van der Waals surface area contributed by atoms with Crippen LogP contribution in [0.2, 0.25) is 10.0 Å². The van der Waals surface area contributed by atoms with Crippen LogP contribution in [0.3, 0.4) is 0 Å². The Kier molecular flexibility index (Phi) is 11.7. The van der Waals surface area contributed by atoms with E-state index < -0.39 is 11.9 Å². The number of halogens is 2. The maximum absolute atomic E-state index is 12.0. The molecule has 0 radical (unpaired) electrons. The number of pyridine rings is 2. The number of likely N-dealkylation sites (tertiary alicyclic amines) is 1. The first-order chi connectivity index (χ1) is 26.4. The highest BCUT2D eigenvalue weighted by Crippen LogP contribution is 2.45. The van der Waals surface area contributed by atoms with Crippen molar-refractivity contribution in [1.29, 1.82) is 0 Å². The van der Waals surface area contributed by atoms with Gasteiger partial charge in [-0.15, -0.1) is 0 Å². The first-order valence-corrected chi connectivity index (χ1v) is 19.7. The standard InChI is InChI=1S/C43H48Cl2N4O6/c1-43(2)17-18-49(24-34(43)42(51)52)23-27-20-35(44)41(48-40(27)54-4)55-37-16-14-30-29(7-5-8-31(30)37)32-9-6-10-33(38(32)45)36-15-12-26(39(47-36)53-3)22-46-21-25-11-13-28(50)19-25/h5-10,12,15,20,25,34,37,46H,11,13-14,16-19,21-24H2,1-4H3,(H,51,52)/t25-,34?,37+/m1/s1. The fourth-order valence-electron chi connectivity index (χ4n) is 8.35. The lowest BCUT2D eigenvalue weighted by molar-refractivity contribution is -0.149. The second-order valence-corrected chi connectivity index (χ2v) is 16.4. The van der Waals surface area contributed by atoms with Crippen LogP contribution >= 0.6 is 23.2 Å². The van der Waals surface area contributed by atoms with E-state index in [2.05, 4.69) is 22.3 Å². The number of carboxylic acid groups (broad SMARTS) is 1. The summed E-state index contributed by atoms with van der Waals surface area (Å²) in [6, 6.07) is 18.0. The molecule has 10 nitrogen and oxygen atoms in total. The Balaban J connectivity index is 1.08. The summed E-state index contributed by atoms with van der Waals surface area (Å²) in [6.07, 6.45) is 4.29. The molecule has 4 aromatic rings. The summed E-state index contributed by atoms with van der Waals surface area (Å²) in [6.45, 7) is 7.10. The van der Waals surface area contributed by atoms with E-state index in [4.69, 9.17) is 47.4 Å². The van der Waals surface area contributed by atoms with Crippen molar-refractivity contribution in [2.75, 3.05) is 33.9 Å². The monoisotopic (exact) mass is 786 g/mol. The second-order valence-electron chi connectivity index (χ2n) is 15.6. The van der Waals surface area contributed by atoms with E-state index in [1.54, 1.807) is 14.2 Å². The van der Waals surface area contributed by atoms with E-state index in [1.807, 2.05) is 56.3 Å². The van der Waals surface area contributed by atoms with E-state index in [1.165, 1.54) is 0 Å². The minimum absolute atomic E-state index is 0.277. The van der Waals surface area contributed by atoms with Crippen LogP contribution in [-0.2, 0) is 29.1 Å². The van der Waals surface area contributed by atoms with Crippen LogP contribution in [0.25, 0.3) is 22.4 Å². The molecule has 2 aromatic carbocycles. The lowest BCUT2D eigenvalue weighted by Crippen LogP contribution is -2.47. The first-order valence-electron chi connectivity index (χ1n) is 19.0. The number of ether oxygens (including phenoxy) is 3. The fraction of sp³-hybridized carbons (Fsp3) is 0.442. The van der Waals surface area contributed by atoms with Gasteiger partial charge in [0.15, 0.2) is 0 Å². The van der Waals surface area contributed by atoms with Crippen LogP contribution in [0.1, 0.15) is 74.3 Å². The number of fused-ring (bicyclic) bond motifs is 1. The minimum atomic E-state index is -0.778. The van der Waals surface area contributed by atoms with E-state index >= 15 is 0 Å². The Hall–Kier alpha value is -4.22. The SMILES string of the molecule is COc1nc(-c2cccc(-c3cccc4c3CC[C@@H]4Oc3nc(OC)c(CN4CCC(C)(C)C(C(=O)O)C4)cc3Cl)c2Cl)ccc1CNC[C@@H]1CCC(=O)C1. The molecule has 1 saturated carbocycles. The maximum Gasteiger partial charge on any atom is 0.308 e. The van der Waals surface area contributed by atoms with Gasteiger partial charge >= 0.3 is 5.97 Å². The zero-order valence-corrected chi connectivity index (χ0v) is 33.3. The number of nitrogens with zero attached hydrogens (tertiary/aromatic N) is 3. The number of hydrogen-bond acceptors (Lipinski definition) is 9. The number of rotatable bonds is 13. The largest absolute Gasteiger partial charge is 0.481 e. The highest BCUT2D eigenvalue weighted by atomic mass is 35.5. The summed E-state index contributed by atoms with van der Waals surface area (Å²) in [5.74, 6) is 0.724. The summed E-state index contributed by atoms with van der Waals surface area (Å²) in [5, 5.41) is 14.3. The van der Waals surface area contributed by atoms with Crippen LogP contribution in [-0.4, -0.2) is 65.6 Å². The van der Waals surface area contributed by atoms with Crippen LogP contribution in [0.4, 0.5) is 0 Å². The van der Waals surface area contributed by atoms with Gasteiger partial charge in [0, 0.05) is 54.7 Å². The predicted molar refractivity (Wildman–Crippen MR) is 213 cm³/mol. The van der Waals surface area contributed by atoms with Crippen molar-refractivity contribution in [3.05, 3.63) is 86.9 Å². The quantitative estimate of drug-likeness (QED) is 0.136. The summed E-state index contributed by atoms with van der Waals surface area (Å²) < 4.78 is 17.9.